The Labute approximate surface area is 116 Å². The molecule has 0 aromatic heterocycles. The molecule has 0 bridgehead atoms. The van der Waals surface area contributed by atoms with Crippen LogP contribution >= 0.6 is 0 Å². The number of rotatable bonds is 4. The van der Waals surface area contributed by atoms with Crippen molar-refractivity contribution in [1.82, 2.24) is 0 Å². The van der Waals surface area contributed by atoms with Crippen LogP contribution in [-0.4, -0.2) is 6.54 Å². The molecule has 0 heterocycles. The van der Waals surface area contributed by atoms with E-state index in [9.17, 15) is 0 Å². The molecule has 1 atom stereocenters. The number of hydrogen-bond acceptors (Lipinski definition) is 1. The summed E-state index contributed by atoms with van der Waals surface area (Å²) in [5.41, 5.74) is 12.8. The molecule has 2 rings (SSSR count). The maximum Gasteiger partial charge on any atom is 0.000419 e. The molecule has 2 N–H and O–H groups in total. The third kappa shape index (κ3) is 3.24. The quantitative estimate of drug-likeness (QED) is 0.878. The first-order chi connectivity index (χ1) is 9.11. The first kappa shape index (κ1) is 13.8. The highest BCUT2D eigenvalue weighted by Gasteiger charge is 2.12. The topological polar surface area (TPSA) is 26.0 Å². The zero-order valence-electron chi connectivity index (χ0n) is 12.1. The number of aryl methyl sites for hydroxylation is 3. The van der Waals surface area contributed by atoms with Gasteiger partial charge in [-0.25, -0.2) is 0 Å². The molecular formula is C18H23N. The average Bonchev–Trinajstić information content (AvgIpc) is 2.41. The van der Waals surface area contributed by atoms with Crippen LogP contribution < -0.4 is 5.73 Å². The van der Waals surface area contributed by atoms with E-state index >= 15 is 0 Å². The molecule has 0 radical (unpaired) electrons. The van der Waals surface area contributed by atoms with Gasteiger partial charge in [-0.15, -0.1) is 0 Å². The zero-order valence-corrected chi connectivity index (χ0v) is 12.1. The van der Waals surface area contributed by atoms with Gasteiger partial charge in [0.05, 0.1) is 0 Å². The van der Waals surface area contributed by atoms with Crippen LogP contribution in [0.4, 0.5) is 0 Å². The summed E-state index contributed by atoms with van der Waals surface area (Å²) in [4.78, 5) is 0. The number of hydrogen-bond donors (Lipinski definition) is 1. The van der Waals surface area contributed by atoms with Crippen molar-refractivity contribution in [3.05, 3.63) is 70.3 Å². The van der Waals surface area contributed by atoms with Gasteiger partial charge in [0.25, 0.3) is 0 Å². The van der Waals surface area contributed by atoms with E-state index in [1.165, 1.54) is 27.8 Å². The van der Waals surface area contributed by atoms with Gasteiger partial charge in [0.2, 0.25) is 0 Å². The van der Waals surface area contributed by atoms with Gasteiger partial charge >= 0.3 is 0 Å². The molecule has 0 amide bonds. The highest BCUT2D eigenvalue weighted by atomic mass is 14.5. The van der Waals surface area contributed by atoms with Gasteiger partial charge in [0.1, 0.15) is 0 Å². The summed E-state index contributed by atoms with van der Waals surface area (Å²) in [6.07, 6.45) is 1.02. The van der Waals surface area contributed by atoms with Crippen molar-refractivity contribution in [2.75, 3.05) is 6.54 Å². The normalized spacial score (nSPS) is 12.4. The molecule has 2 aromatic rings. The van der Waals surface area contributed by atoms with Crippen molar-refractivity contribution in [3.8, 4) is 0 Å². The predicted molar refractivity (Wildman–Crippen MR) is 82.6 cm³/mol. The van der Waals surface area contributed by atoms with Gasteiger partial charge in [0.15, 0.2) is 0 Å². The van der Waals surface area contributed by atoms with Gasteiger partial charge in [-0.05, 0) is 61.6 Å². The van der Waals surface area contributed by atoms with Crippen LogP contribution in [0.15, 0.2) is 42.5 Å². The van der Waals surface area contributed by atoms with Gasteiger partial charge in [-0.3, -0.25) is 0 Å². The second kappa shape index (κ2) is 6.03. The van der Waals surface area contributed by atoms with E-state index in [0.717, 1.165) is 6.42 Å². The summed E-state index contributed by atoms with van der Waals surface area (Å²) in [5.74, 6) is 0.406. The molecule has 2 aromatic carbocycles. The van der Waals surface area contributed by atoms with Crippen molar-refractivity contribution in [2.24, 2.45) is 5.73 Å². The van der Waals surface area contributed by atoms with Crippen molar-refractivity contribution < 1.29 is 0 Å². The molecule has 0 saturated carbocycles. The third-order valence-corrected chi connectivity index (χ3v) is 3.97. The Morgan fingerprint density at radius 3 is 2.26 bits per heavy atom. The summed E-state index contributed by atoms with van der Waals surface area (Å²) in [5, 5.41) is 0. The second-order valence-electron chi connectivity index (χ2n) is 5.41. The summed E-state index contributed by atoms with van der Waals surface area (Å²) >= 11 is 0. The number of nitrogens with two attached hydrogens (primary N) is 1. The van der Waals surface area contributed by atoms with E-state index in [1.54, 1.807) is 0 Å². The van der Waals surface area contributed by atoms with E-state index in [0.29, 0.717) is 12.5 Å². The molecule has 0 fully saturated rings. The molecule has 0 aliphatic rings. The van der Waals surface area contributed by atoms with E-state index < -0.39 is 0 Å². The molecule has 1 heteroatoms. The SMILES string of the molecule is Cc1ccc(CC(CN)c2ccccc2C)cc1C. The monoisotopic (exact) mass is 253 g/mol. The van der Waals surface area contributed by atoms with Crippen molar-refractivity contribution >= 4 is 0 Å². The smallest absolute Gasteiger partial charge is 0.000419 e. The molecule has 1 nitrogen and oxygen atoms in total. The molecule has 0 spiro atoms. The Balaban J connectivity index is 2.24. The fourth-order valence-corrected chi connectivity index (χ4v) is 2.58. The Morgan fingerprint density at radius 1 is 0.895 bits per heavy atom. The lowest BCUT2D eigenvalue weighted by molar-refractivity contribution is 0.689. The lowest BCUT2D eigenvalue weighted by atomic mass is 9.88. The van der Waals surface area contributed by atoms with Crippen molar-refractivity contribution in [3.63, 3.8) is 0 Å². The summed E-state index contributed by atoms with van der Waals surface area (Å²) in [6.45, 7) is 7.18. The molecule has 0 aliphatic heterocycles. The fraction of sp³-hybridized carbons (Fsp3) is 0.333. The van der Waals surface area contributed by atoms with Crippen molar-refractivity contribution in [2.45, 2.75) is 33.1 Å². The van der Waals surface area contributed by atoms with Crippen LogP contribution in [-0.2, 0) is 6.42 Å². The van der Waals surface area contributed by atoms with Crippen LogP contribution in [0.3, 0.4) is 0 Å². The van der Waals surface area contributed by atoms with Crippen LogP contribution in [0.5, 0.6) is 0 Å². The van der Waals surface area contributed by atoms with Gasteiger partial charge in [-0.1, -0.05) is 42.5 Å². The Kier molecular flexibility index (Phi) is 4.39. The van der Waals surface area contributed by atoms with Crippen molar-refractivity contribution in [1.29, 1.82) is 0 Å². The molecule has 0 saturated heterocycles. The minimum atomic E-state index is 0.406. The van der Waals surface area contributed by atoms with Crippen LogP contribution in [0.1, 0.15) is 33.7 Å². The highest BCUT2D eigenvalue weighted by Crippen LogP contribution is 2.24. The van der Waals surface area contributed by atoms with Crippen LogP contribution in [0, 0.1) is 20.8 Å². The fourth-order valence-electron chi connectivity index (χ4n) is 2.58. The standard InChI is InChI=1S/C18H23N/c1-13-8-9-16(10-15(13)3)11-17(12-19)18-7-5-4-6-14(18)2/h4-10,17H,11-12,19H2,1-3H3. The highest BCUT2D eigenvalue weighted by molar-refractivity contribution is 5.34. The van der Waals surface area contributed by atoms with E-state index in [4.69, 9.17) is 5.73 Å². The summed E-state index contributed by atoms with van der Waals surface area (Å²) < 4.78 is 0. The third-order valence-electron chi connectivity index (χ3n) is 3.97. The van der Waals surface area contributed by atoms with E-state index in [-0.39, 0.29) is 0 Å². The molecule has 0 aliphatic carbocycles. The second-order valence-corrected chi connectivity index (χ2v) is 5.41. The molecular weight excluding hydrogens is 230 g/mol. The largest absolute Gasteiger partial charge is 0.330 e. The molecule has 100 valence electrons. The summed E-state index contributed by atoms with van der Waals surface area (Å²) in [7, 11) is 0. The minimum absolute atomic E-state index is 0.406. The first-order valence-electron chi connectivity index (χ1n) is 6.93. The Hall–Kier alpha value is -1.60. The predicted octanol–water partition coefficient (Wildman–Crippen LogP) is 3.90. The van der Waals surface area contributed by atoms with Gasteiger partial charge < -0.3 is 5.73 Å². The maximum atomic E-state index is 5.99. The first-order valence-corrected chi connectivity index (χ1v) is 6.93. The van der Waals surface area contributed by atoms with E-state index in [1.807, 2.05) is 0 Å². The van der Waals surface area contributed by atoms with Crippen LogP contribution in [0.25, 0.3) is 0 Å². The molecule has 19 heavy (non-hydrogen) atoms. The Bertz CT molecular complexity index is 557. The maximum absolute atomic E-state index is 5.99. The minimum Gasteiger partial charge on any atom is -0.330 e. The van der Waals surface area contributed by atoms with Gasteiger partial charge in [-0.2, -0.15) is 0 Å². The van der Waals surface area contributed by atoms with E-state index in [2.05, 4.69) is 63.2 Å². The average molecular weight is 253 g/mol. The van der Waals surface area contributed by atoms with Crippen LogP contribution in [0.2, 0.25) is 0 Å². The lowest BCUT2D eigenvalue weighted by Gasteiger charge is -2.18. The lowest BCUT2D eigenvalue weighted by Crippen LogP contribution is -2.16. The Morgan fingerprint density at radius 2 is 1.63 bits per heavy atom. The van der Waals surface area contributed by atoms with Gasteiger partial charge in [0, 0.05) is 5.92 Å². The molecule has 1 unspecified atom stereocenters. The number of benzene rings is 2. The zero-order chi connectivity index (χ0) is 13.8. The summed E-state index contributed by atoms with van der Waals surface area (Å²) in [6, 6.07) is 15.3.